The molecular weight excluding hydrogens is 514 g/mol. The third-order valence-corrected chi connectivity index (χ3v) is 8.16. The highest BCUT2D eigenvalue weighted by molar-refractivity contribution is 7.99. The summed E-state index contributed by atoms with van der Waals surface area (Å²) >= 11 is 12.7. The Balaban J connectivity index is 1.72. The molecule has 3 heterocycles. The van der Waals surface area contributed by atoms with Gasteiger partial charge in [-0.15, -0.1) is 11.8 Å². The van der Waals surface area contributed by atoms with Gasteiger partial charge in [0.15, 0.2) is 0 Å². The molecule has 0 aliphatic carbocycles. The number of carbonyl (C=O) groups is 1. The minimum atomic E-state index is -0.727. The summed E-state index contributed by atoms with van der Waals surface area (Å²) in [6, 6.07) is 4.88. The second-order valence-corrected chi connectivity index (χ2v) is 10.2. The first-order valence-corrected chi connectivity index (χ1v) is 13.0. The Labute approximate surface area is 215 Å². The van der Waals surface area contributed by atoms with Crippen LogP contribution < -0.4 is 10.6 Å². The fourth-order valence-corrected chi connectivity index (χ4v) is 6.60. The average Bonchev–Trinajstić information content (AvgIpc) is 2.86. The van der Waals surface area contributed by atoms with Crippen molar-refractivity contribution in [3.05, 3.63) is 64.1 Å². The first kappa shape index (κ1) is 24.1. The Hall–Kier alpha value is -2.56. The van der Waals surface area contributed by atoms with Gasteiger partial charge in [0.2, 0.25) is 5.91 Å². The summed E-state index contributed by atoms with van der Waals surface area (Å²) in [5.74, 6) is -0.0911. The minimum Gasteiger partial charge on any atom is -0.349 e. The maximum atomic E-state index is 14.8. The van der Waals surface area contributed by atoms with Gasteiger partial charge in [-0.1, -0.05) is 18.2 Å². The molecule has 1 atom stereocenters. The summed E-state index contributed by atoms with van der Waals surface area (Å²) in [5.41, 5.74) is 0.815. The first-order valence-electron chi connectivity index (χ1n) is 11.0. The summed E-state index contributed by atoms with van der Waals surface area (Å²) in [5, 5.41) is 0.946. The summed E-state index contributed by atoms with van der Waals surface area (Å²) in [4.78, 5) is 34.1. The normalized spacial score (nSPS) is 17.7. The molecule has 6 nitrogen and oxygen atoms in total. The van der Waals surface area contributed by atoms with E-state index in [0.717, 1.165) is 6.07 Å². The zero-order valence-electron chi connectivity index (χ0n) is 18.5. The largest absolute Gasteiger partial charge is 0.350 e. The minimum absolute atomic E-state index is 0.160. The average molecular weight is 535 g/mol. The molecule has 1 amide bonds. The van der Waals surface area contributed by atoms with E-state index in [1.807, 2.05) is 4.90 Å². The third-order valence-electron chi connectivity index (χ3n) is 6.36. The molecule has 0 unspecified atom stereocenters. The van der Waals surface area contributed by atoms with E-state index in [-0.39, 0.29) is 22.5 Å². The Morgan fingerprint density at radius 2 is 2.09 bits per heavy atom. The molecule has 5 rings (SSSR count). The molecule has 11 heteroatoms. The van der Waals surface area contributed by atoms with E-state index in [1.165, 1.54) is 30.0 Å². The van der Waals surface area contributed by atoms with E-state index in [0.29, 0.717) is 64.9 Å². The summed E-state index contributed by atoms with van der Waals surface area (Å²) in [7, 11) is 0. The summed E-state index contributed by atoms with van der Waals surface area (Å²) < 4.78 is 29.9. The number of aryl methyl sites for hydroxylation is 1. The zero-order chi connectivity index (χ0) is 24.9. The van der Waals surface area contributed by atoms with Crippen LogP contribution in [-0.2, 0) is 11.3 Å². The number of thioether (sulfide) groups is 1. The molecule has 0 radical (unpaired) electrons. The van der Waals surface area contributed by atoms with Gasteiger partial charge in [-0.05, 0) is 24.3 Å². The van der Waals surface area contributed by atoms with E-state index in [1.54, 1.807) is 15.5 Å². The van der Waals surface area contributed by atoms with Gasteiger partial charge in [0.1, 0.15) is 17.5 Å². The molecule has 1 saturated heterocycles. The smallest absolute Gasteiger partial charge is 0.349 e. The van der Waals surface area contributed by atoms with Crippen LogP contribution in [0, 0.1) is 11.6 Å². The van der Waals surface area contributed by atoms with Crippen LogP contribution in [0.5, 0.6) is 0 Å². The topological polar surface area (TPSA) is 58.4 Å². The van der Waals surface area contributed by atoms with Crippen LogP contribution in [0.3, 0.4) is 0 Å². The van der Waals surface area contributed by atoms with Crippen LogP contribution in [0.1, 0.15) is 0 Å². The number of aromatic nitrogens is 2. The molecule has 0 saturated carbocycles. The van der Waals surface area contributed by atoms with Crippen molar-refractivity contribution in [2.24, 2.45) is 0 Å². The molecule has 2 aliphatic rings. The highest BCUT2D eigenvalue weighted by Gasteiger charge is 2.32. The lowest BCUT2D eigenvalue weighted by Crippen LogP contribution is -2.56. The van der Waals surface area contributed by atoms with Crippen molar-refractivity contribution in [2.75, 3.05) is 36.0 Å². The van der Waals surface area contributed by atoms with Crippen molar-refractivity contribution in [3.8, 4) is 11.1 Å². The zero-order valence-corrected chi connectivity index (χ0v) is 21.0. The number of amides is 1. The molecule has 0 spiro atoms. The number of benzene rings is 2. The van der Waals surface area contributed by atoms with Crippen LogP contribution in [0.2, 0.25) is 5.02 Å². The van der Waals surface area contributed by atoms with Crippen LogP contribution in [0.15, 0.2) is 46.6 Å². The molecule has 2 aromatic carbocycles. The van der Waals surface area contributed by atoms with Crippen molar-refractivity contribution >= 4 is 58.6 Å². The van der Waals surface area contributed by atoms with Crippen LogP contribution in [0.4, 0.5) is 14.6 Å². The molecule has 3 aromatic rings. The Bertz CT molecular complexity index is 1430. The van der Waals surface area contributed by atoms with E-state index in [9.17, 15) is 18.4 Å². The number of piperazine rings is 1. The van der Waals surface area contributed by atoms with Gasteiger partial charge in [-0.2, -0.15) is 17.6 Å². The van der Waals surface area contributed by atoms with Crippen molar-refractivity contribution in [1.29, 1.82) is 0 Å². The molecule has 1 aromatic heterocycles. The number of halogens is 3. The van der Waals surface area contributed by atoms with Gasteiger partial charge in [0.25, 0.3) is 0 Å². The van der Waals surface area contributed by atoms with Crippen molar-refractivity contribution < 1.29 is 13.6 Å². The molecule has 1 fully saturated rings. The van der Waals surface area contributed by atoms with Gasteiger partial charge in [0, 0.05) is 65.2 Å². The standard InChI is InChI=1S/C24H21ClF2N4O2S2/c1-2-19(32)29-5-6-30(14(11-29)12-34)23-16-10-17(25)20(15-4-3-13(26)9-18(15)27)22-21(16)31(7-8-35-22)24(33)28-23/h2-4,9-10,14,34H,1,5-8,11-12H2/t14-/m1/s1. The Kier molecular flexibility index (Phi) is 6.54. The maximum Gasteiger partial charge on any atom is 0.350 e. The molecule has 182 valence electrons. The van der Waals surface area contributed by atoms with E-state index >= 15 is 0 Å². The fraction of sp³-hybridized carbons (Fsp3) is 0.292. The molecule has 0 bridgehead atoms. The lowest BCUT2D eigenvalue weighted by atomic mass is 10.0. The van der Waals surface area contributed by atoms with Crippen LogP contribution in [0.25, 0.3) is 22.0 Å². The maximum absolute atomic E-state index is 14.8. The molecular formula is C24H21ClF2N4O2S2. The lowest BCUT2D eigenvalue weighted by molar-refractivity contribution is -0.126. The summed E-state index contributed by atoms with van der Waals surface area (Å²) in [6.07, 6.45) is 1.28. The predicted octanol–water partition coefficient (Wildman–Crippen LogP) is 4.23. The van der Waals surface area contributed by atoms with Gasteiger partial charge >= 0.3 is 5.69 Å². The summed E-state index contributed by atoms with van der Waals surface area (Å²) in [6.45, 7) is 5.31. The van der Waals surface area contributed by atoms with Gasteiger partial charge in [0.05, 0.1) is 16.6 Å². The number of carbonyl (C=O) groups excluding carboxylic acids is 1. The number of thiol groups is 1. The van der Waals surface area contributed by atoms with Gasteiger partial charge < -0.3 is 9.80 Å². The van der Waals surface area contributed by atoms with Crippen molar-refractivity contribution in [1.82, 2.24) is 14.5 Å². The number of nitrogens with zero attached hydrogens (tertiary/aromatic N) is 4. The number of rotatable bonds is 4. The molecule has 35 heavy (non-hydrogen) atoms. The van der Waals surface area contributed by atoms with Gasteiger partial charge in [-0.25, -0.2) is 13.6 Å². The lowest BCUT2D eigenvalue weighted by Gasteiger charge is -2.42. The van der Waals surface area contributed by atoms with Crippen molar-refractivity contribution in [2.45, 2.75) is 17.5 Å². The molecule has 2 aliphatic heterocycles. The number of hydrogen-bond donors (Lipinski definition) is 1. The Morgan fingerprint density at radius 3 is 2.80 bits per heavy atom. The highest BCUT2D eigenvalue weighted by atomic mass is 35.5. The highest BCUT2D eigenvalue weighted by Crippen LogP contribution is 2.46. The number of anilines is 1. The van der Waals surface area contributed by atoms with Crippen LogP contribution >= 0.6 is 36.0 Å². The SMILES string of the molecule is C=CC(=O)N1CCN(c2nc(=O)n3c4c(c(-c5ccc(F)cc5F)c(Cl)cc24)SCC3)[C@@H](CS)C1. The van der Waals surface area contributed by atoms with Crippen LogP contribution in [-0.4, -0.2) is 57.5 Å². The Morgan fingerprint density at radius 1 is 1.29 bits per heavy atom. The second-order valence-electron chi connectivity index (χ2n) is 8.32. The first-order chi connectivity index (χ1) is 16.8. The monoisotopic (exact) mass is 534 g/mol. The van der Waals surface area contributed by atoms with E-state index in [2.05, 4.69) is 24.2 Å². The molecule has 0 N–H and O–H groups in total. The second kappa shape index (κ2) is 9.48. The fourth-order valence-electron chi connectivity index (χ4n) is 4.73. The van der Waals surface area contributed by atoms with Gasteiger partial charge in [-0.3, -0.25) is 9.36 Å². The quantitative estimate of drug-likeness (QED) is 0.401. The van der Waals surface area contributed by atoms with Crippen molar-refractivity contribution in [3.63, 3.8) is 0 Å². The van der Waals surface area contributed by atoms with E-state index < -0.39 is 17.3 Å². The predicted molar refractivity (Wildman–Crippen MR) is 139 cm³/mol. The van der Waals surface area contributed by atoms with E-state index in [4.69, 9.17) is 11.6 Å². The number of hydrogen-bond acceptors (Lipinski definition) is 6. The third kappa shape index (κ3) is 4.11.